The number of hydrogen-bond acceptors (Lipinski definition) is 2. The van der Waals surface area contributed by atoms with Gasteiger partial charge >= 0.3 is 0 Å². The maximum absolute atomic E-state index is 12.1. The first-order valence-corrected chi connectivity index (χ1v) is 7.85. The summed E-state index contributed by atoms with van der Waals surface area (Å²) in [4.78, 5) is 12.1. The zero-order chi connectivity index (χ0) is 13.7. The lowest BCUT2D eigenvalue weighted by Crippen LogP contribution is -2.08. The van der Waals surface area contributed by atoms with E-state index in [2.05, 4.69) is 38.1 Å². The van der Waals surface area contributed by atoms with E-state index in [1.54, 1.807) is 11.8 Å². The maximum Gasteiger partial charge on any atom is 0.147 e. The lowest BCUT2D eigenvalue weighted by atomic mass is 10.0. The summed E-state index contributed by atoms with van der Waals surface area (Å²) in [6, 6.07) is 14.5. The molecule has 0 aliphatic carbocycles. The molecule has 1 unspecified atom stereocenters. The molecule has 2 aromatic carbocycles. The van der Waals surface area contributed by atoms with Crippen molar-refractivity contribution in [3.8, 4) is 0 Å². The second kappa shape index (κ2) is 6.76. The molecule has 1 nitrogen and oxygen atoms in total. The second-order valence-corrected chi connectivity index (χ2v) is 6.31. The number of fused-ring (bicyclic) bond motifs is 1. The van der Waals surface area contributed by atoms with Gasteiger partial charge in [0.1, 0.15) is 5.78 Å². The molecule has 0 bridgehead atoms. The number of benzene rings is 2. The van der Waals surface area contributed by atoms with E-state index in [0.717, 1.165) is 12.0 Å². The Hall–Kier alpha value is -1.28. The molecule has 0 N–H and O–H groups in total. The van der Waals surface area contributed by atoms with Crippen LogP contribution in [0.25, 0.3) is 10.8 Å². The van der Waals surface area contributed by atoms with E-state index >= 15 is 0 Å². The van der Waals surface area contributed by atoms with Crippen LogP contribution in [0.1, 0.15) is 25.8 Å². The summed E-state index contributed by atoms with van der Waals surface area (Å²) in [5.41, 5.74) is 1.15. The summed E-state index contributed by atoms with van der Waals surface area (Å²) in [6.07, 6.45) is 1.66. The highest BCUT2D eigenvalue weighted by Crippen LogP contribution is 2.20. The lowest BCUT2D eigenvalue weighted by molar-refractivity contribution is -0.115. The SMILES string of the molecule is CCC(C)SCC(=O)Cc1cccc2ccccc12. The smallest absolute Gasteiger partial charge is 0.147 e. The molecule has 0 aromatic heterocycles. The van der Waals surface area contributed by atoms with Gasteiger partial charge < -0.3 is 0 Å². The van der Waals surface area contributed by atoms with Crippen molar-refractivity contribution in [3.63, 3.8) is 0 Å². The van der Waals surface area contributed by atoms with E-state index < -0.39 is 0 Å². The maximum atomic E-state index is 12.1. The summed E-state index contributed by atoms with van der Waals surface area (Å²) < 4.78 is 0. The van der Waals surface area contributed by atoms with Gasteiger partial charge in [-0.15, -0.1) is 0 Å². The third kappa shape index (κ3) is 3.84. The van der Waals surface area contributed by atoms with Gasteiger partial charge in [-0.1, -0.05) is 56.3 Å². The van der Waals surface area contributed by atoms with Crippen LogP contribution in [0.5, 0.6) is 0 Å². The molecule has 2 rings (SSSR count). The topological polar surface area (TPSA) is 17.1 Å². The fourth-order valence-corrected chi connectivity index (χ4v) is 2.87. The summed E-state index contributed by atoms with van der Waals surface area (Å²) >= 11 is 1.76. The predicted octanol–water partition coefficient (Wildman–Crippen LogP) is 4.48. The van der Waals surface area contributed by atoms with Crippen molar-refractivity contribution >= 4 is 28.3 Å². The van der Waals surface area contributed by atoms with Gasteiger partial charge in [0.05, 0.1) is 5.75 Å². The molecule has 0 radical (unpaired) electrons. The Morgan fingerprint density at radius 2 is 1.89 bits per heavy atom. The van der Waals surface area contributed by atoms with Gasteiger partial charge in [-0.25, -0.2) is 0 Å². The highest BCUT2D eigenvalue weighted by atomic mass is 32.2. The lowest BCUT2D eigenvalue weighted by Gasteiger charge is -2.08. The Morgan fingerprint density at radius 3 is 2.68 bits per heavy atom. The molecule has 0 heterocycles. The van der Waals surface area contributed by atoms with Crippen molar-refractivity contribution < 1.29 is 4.79 Å². The average molecular weight is 272 g/mol. The molecule has 0 amide bonds. The van der Waals surface area contributed by atoms with Gasteiger partial charge in [0.2, 0.25) is 0 Å². The number of carbonyl (C=O) groups is 1. The van der Waals surface area contributed by atoms with E-state index in [-0.39, 0.29) is 0 Å². The molecule has 19 heavy (non-hydrogen) atoms. The molecule has 0 aliphatic heterocycles. The first-order valence-electron chi connectivity index (χ1n) is 6.80. The number of hydrogen-bond donors (Lipinski definition) is 0. The van der Waals surface area contributed by atoms with E-state index in [1.807, 2.05) is 18.2 Å². The van der Waals surface area contributed by atoms with E-state index in [1.165, 1.54) is 10.8 Å². The Bertz CT molecular complexity index is 557. The van der Waals surface area contributed by atoms with E-state index in [0.29, 0.717) is 23.2 Å². The molecule has 100 valence electrons. The number of carbonyl (C=O) groups excluding carboxylic acids is 1. The quantitative estimate of drug-likeness (QED) is 0.771. The normalized spacial score (nSPS) is 12.5. The fraction of sp³-hybridized carbons (Fsp3) is 0.353. The molecule has 0 fully saturated rings. The van der Waals surface area contributed by atoms with Gasteiger partial charge in [-0.05, 0) is 22.8 Å². The van der Waals surface area contributed by atoms with Crippen LogP contribution >= 0.6 is 11.8 Å². The van der Waals surface area contributed by atoms with Crippen LogP contribution in [-0.2, 0) is 11.2 Å². The van der Waals surface area contributed by atoms with Gasteiger partial charge in [-0.3, -0.25) is 4.79 Å². The van der Waals surface area contributed by atoms with Gasteiger partial charge in [0.15, 0.2) is 0 Å². The van der Waals surface area contributed by atoms with Crippen LogP contribution in [0.2, 0.25) is 0 Å². The van der Waals surface area contributed by atoms with Crippen molar-refractivity contribution in [1.29, 1.82) is 0 Å². The Kier molecular flexibility index (Phi) is 5.03. The zero-order valence-electron chi connectivity index (χ0n) is 11.6. The minimum Gasteiger partial charge on any atom is -0.298 e. The van der Waals surface area contributed by atoms with Crippen LogP contribution in [0.3, 0.4) is 0 Å². The number of ketones is 1. The second-order valence-electron chi connectivity index (χ2n) is 4.88. The molecular formula is C17H20OS. The predicted molar refractivity (Wildman–Crippen MR) is 84.9 cm³/mol. The zero-order valence-corrected chi connectivity index (χ0v) is 12.4. The first kappa shape index (κ1) is 14.1. The van der Waals surface area contributed by atoms with Crippen molar-refractivity contribution in [2.45, 2.75) is 31.9 Å². The molecule has 0 aliphatic rings. The monoisotopic (exact) mass is 272 g/mol. The van der Waals surface area contributed by atoms with Crippen LogP contribution in [0.4, 0.5) is 0 Å². The van der Waals surface area contributed by atoms with Crippen molar-refractivity contribution in [2.75, 3.05) is 5.75 Å². The third-order valence-corrected chi connectivity index (χ3v) is 4.76. The molecule has 2 heteroatoms. The Morgan fingerprint density at radius 1 is 1.16 bits per heavy atom. The summed E-state index contributed by atoms with van der Waals surface area (Å²) in [7, 11) is 0. The Balaban J connectivity index is 2.07. The van der Waals surface area contributed by atoms with Crippen molar-refractivity contribution in [1.82, 2.24) is 0 Å². The molecular weight excluding hydrogens is 252 g/mol. The van der Waals surface area contributed by atoms with Gasteiger partial charge in [0.25, 0.3) is 0 Å². The minimum absolute atomic E-state index is 0.321. The Labute approximate surface area is 119 Å². The third-order valence-electron chi connectivity index (χ3n) is 3.37. The van der Waals surface area contributed by atoms with Crippen LogP contribution in [-0.4, -0.2) is 16.8 Å². The van der Waals surface area contributed by atoms with Gasteiger partial charge in [-0.2, -0.15) is 11.8 Å². The molecule has 2 aromatic rings. The number of rotatable bonds is 6. The average Bonchev–Trinajstić information content (AvgIpc) is 2.45. The molecule has 0 saturated heterocycles. The number of thioether (sulfide) groups is 1. The molecule has 0 saturated carbocycles. The van der Waals surface area contributed by atoms with E-state index in [9.17, 15) is 4.79 Å². The number of Topliss-reactive ketones (excluding diaryl/α,β-unsaturated/α-hetero) is 1. The highest BCUT2D eigenvalue weighted by molar-refractivity contribution is 8.00. The summed E-state index contributed by atoms with van der Waals surface area (Å²) in [5.74, 6) is 0.944. The summed E-state index contributed by atoms with van der Waals surface area (Å²) in [6.45, 7) is 4.34. The first-order chi connectivity index (χ1) is 9.20. The van der Waals surface area contributed by atoms with Gasteiger partial charge in [0, 0.05) is 11.7 Å². The highest BCUT2D eigenvalue weighted by Gasteiger charge is 2.09. The molecule has 1 atom stereocenters. The van der Waals surface area contributed by atoms with Crippen LogP contribution < -0.4 is 0 Å². The largest absolute Gasteiger partial charge is 0.298 e. The van der Waals surface area contributed by atoms with Crippen LogP contribution in [0.15, 0.2) is 42.5 Å². The van der Waals surface area contributed by atoms with Crippen molar-refractivity contribution in [3.05, 3.63) is 48.0 Å². The minimum atomic E-state index is 0.321. The van der Waals surface area contributed by atoms with Crippen molar-refractivity contribution in [2.24, 2.45) is 0 Å². The summed E-state index contributed by atoms with van der Waals surface area (Å²) in [5, 5.41) is 2.98. The van der Waals surface area contributed by atoms with E-state index in [4.69, 9.17) is 0 Å². The fourth-order valence-electron chi connectivity index (χ4n) is 2.06. The van der Waals surface area contributed by atoms with Crippen LogP contribution in [0, 0.1) is 0 Å². The molecule has 0 spiro atoms. The standard InChI is InChI=1S/C17H20OS/c1-3-13(2)19-12-16(18)11-15-9-6-8-14-7-4-5-10-17(14)15/h4-10,13H,3,11-12H2,1-2H3.